The number of carbonyl (C=O) groups excluding carboxylic acids is 4. The van der Waals surface area contributed by atoms with Crippen molar-refractivity contribution in [2.24, 2.45) is 17.8 Å². The average molecular weight is 654 g/mol. The standard InChI is InChI=1S/C31H22Cl2FN3O8/c32-30-13-22-20(10-11-21-24(22)27(40)35(26(21)39)16-5-7-18(8-6-16)37(43)44)25(23-12-9-19(14-38)45-23)31(30,33)29(42)36(28(30)41)17-3-1-15(34)2-4-17/h1-10,12,21-22,24-25,38H,11,13-14H2/t21-,22+,24-,25+,30+,31-/m0/s1. The van der Waals surface area contributed by atoms with Crippen molar-refractivity contribution in [2.45, 2.75) is 35.1 Å². The quantitative estimate of drug-likeness (QED) is 0.138. The van der Waals surface area contributed by atoms with E-state index in [0.717, 1.165) is 21.9 Å². The van der Waals surface area contributed by atoms with Crippen LogP contribution in [0.15, 0.2) is 76.7 Å². The Hall–Kier alpha value is -4.39. The lowest BCUT2D eigenvalue weighted by molar-refractivity contribution is -0.384. The van der Waals surface area contributed by atoms with E-state index in [1.54, 1.807) is 6.08 Å². The smallest absolute Gasteiger partial charge is 0.269 e. The lowest BCUT2D eigenvalue weighted by Gasteiger charge is -2.49. The maximum atomic E-state index is 14.3. The number of furan rings is 1. The van der Waals surface area contributed by atoms with Gasteiger partial charge in [0.15, 0.2) is 9.75 Å². The third kappa shape index (κ3) is 3.92. The Morgan fingerprint density at radius 2 is 1.56 bits per heavy atom. The molecule has 7 rings (SSSR count). The number of benzene rings is 2. The number of fused-ring (bicyclic) bond motifs is 4. The van der Waals surface area contributed by atoms with Crippen LogP contribution in [0.1, 0.15) is 30.3 Å². The summed E-state index contributed by atoms with van der Waals surface area (Å²) in [5.74, 6) is -7.02. The molecule has 3 fully saturated rings. The van der Waals surface area contributed by atoms with Crippen LogP contribution in [0, 0.1) is 33.7 Å². The van der Waals surface area contributed by atoms with Gasteiger partial charge in [0.2, 0.25) is 11.8 Å². The van der Waals surface area contributed by atoms with Gasteiger partial charge in [0, 0.05) is 12.1 Å². The number of imide groups is 2. The molecule has 45 heavy (non-hydrogen) atoms. The first-order valence-corrected chi connectivity index (χ1v) is 14.7. The van der Waals surface area contributed by atoms with Crippen LogP contribution >= 0.6 is 23.2 Å². The molecular formula is C31H22Cl2FN3O8. The third-order valence-corrected chi connectivity index (χ3v) is 10.8. The van der Waals surface area contributed by atoms with Crippen LogP contribution in [0.4, 0.5) is 21.5 Å². The first-order chi connectivity index (χ1) is 21.4. The van der Waals surface area contributed by atoms with Crippen molar-refractivity contribution in [3.05, 3.63) is 99.8 Å². The Bertz CT molecular complexity index is 1840. The molecule has 2 aliphatic heterocycles. The van der Waals surface area contributed by atoms with Crippen molar-refractivity contribution < 1.29 is 38.0 Å². The molecule has 2 saturated heterocycles. The van der Waals surface area contributed by atoms with E-state index in [1.165, 1.54) is 48.5 Å². The van der Waals surface area contributed by atoms with E-state index in [0.29, 0.717) is 5.57 Å². The van der Waals surface area contributed by atoms with E-state index in [9.17, 15) is 38.8 Å². The number of nitro groups is 1. The van der Waals surface area contributed by atoms with Gasteiger partial charge < -0.3 is 9.52 Å². The summed E-state index contributed by atoms with van der Waals surface area (Å²) < 4.78 is 19.6. The van der Waals surface area contributed by atoms with Gasteiger partial charge in [-0.25, -0.2) is 9.29 Å². The number of anilines is 2. The maximum absolute atomic E-state index is 14.3. The van der Waals surface area contributed by atoms with Crippen molar-refractivity contribution in [2.75, 3.05) is 9.80 Å². The number of carbonyl (C=O) groups is 4. The molecule has 3 aromatic rings. The Balaban J connectivity index is 1.35. The molecule has 0 spiro atoms. The van der Waals surface area contributed by atoms with Crippen molar-refractivity contribution in [1.82, 2.24) is 0 Å². The van der Waals surface area contributed by atoms with Gasteiger partial charge >= 0.3 is 0 Å². The summed E-state index contributed by atoms with van der Waals surface area (Å²) in [5.41, 5.74) is 0.462. The molecule has 1 N–H and O–H groups in total. The number of amides is 4. The molecule has 4 amide bonds. The van der Waals surface area contributed by atoms with Crippen LogP contribution in [-0.4, -0.2) is 43.4 Å². The molecular weight excluding hydrogens is 632 g/mol. The highest BCUT2D eigenvalue weighted by Gasteiger charge is 2.77. The number of alkyl halides is 2. The fourth-order valence-corrected chi connectivity index (χ4v) is 8.24. The highest BCUT2D eigenvalue weighted by Crippen LogP contribution is 2.66. The number of aliphatic hydroxyl groups excluding tert-OH is 1. The summed E-state index contributed by atoms with van der Waals surface area (Å²) in [5, 5.41) is 20.9. The van der Waals surface area contributed by atoms with Gasteiger partial charge in [-0.3, -0.25) is 34.2 Å². The molecule has 230 valence electrons. The van der Waals surface area contributed by atoms with E-state index in [1.807, 2.05) is 0 Å². The lowest BCUT2D eigenvalue weighted by Crippen LogP contribution is -2.60. The van der Waals surface area contributed by atoms with Crippen LogP contribution in [0.2, 0.25) is 0 Å². The number of nitrogens with zero attached hydrogens (tertiary/aromatic N) is 3. The average Bonchev–Trinajstić information content (AvgIpc) is 3.64. The minimum absolute atomic E-state index is 0.0430. The first kappa shape index (κ1) is 29.3. The molecule has 0 bridgehead atoms. The highest BCUT2D eigenvalue weighted by molar-refractivity contribution is 6.58. The Kier molecular flexibility index (Phi) is 6.56. The van der Waals surface area contributed by atoms with Crippen molar-refractivity contribution in [3.8, 4) is 0 Å². The van der Waals surface area contributed by atoms with Crippen LogP contribution < -0.4 is 9.80 Å². The number of aliphatic hydroxyl groups is 1. The molecule has 14 heteroatoms. The Morgan fingerprint density at radius 1 is 0.911 bits per heavy atom. The molecule has 3 heterocycles. The number of non-ortho nitro benzene ring substituents is 1. The van der Waals surface area contributed by atoms with E-state index < -0.39 is 74.4 Å². The van der Waals surface area contributed by atoms with Crippen LogP contribution in [0.3, 0.4) is 0 Å². The molecule has 4 aliphatic rings. The minimum atomic E-state index is -2.16. The van der Waals surface area contributed by atoms with Crippen molar-refractivity contribution in [1.29, 1.82) is 0 Å². The van der Waals surface area contributed by atoms with Crippen LogP contribution in [0.5, 0.6) is 0 Å². The van der Waals surface area contributed by atoms with E-state index >= 15 is 0 Å². The zero-order valence-corrected chi connectivity index (χ0v) is 24.6. The fourth-order valence-electron chi connectivity index (χ4n) is 7.32. The minimum Gasteiger partial charge on any atom is -0.463 e. The van der Waals surface area contributed by atoms with Gasteiger partial charge in [0.1, 0.15) is 23.9 Å². The SMILES string of the molecule is O=C1[C@H]2[C@H](CC=C3[C@H]2C[C@@]2(Cl)C(=O)N(c4ccc(F)cc4)C(=O)[C@@]2(Cl)[C@H]3c2ccc(CO)o2)C(=O)N1c1ccc([N+](=O)[O-])cc1. The first-order valence-electron chi connectivity index (χ1n) is 14.0. The number of halogens is 3. The summed E-state index contributed by atoms with van der Waals surface area (Å²) in [6.07, 6.45) is 1.53. The number of hydrogen-bond donors (Lipinski definition) is 1. The molecule has 2 aliphatic carbocycles. The number of hydrogen-bond acceptors (Lipinski definition) is 8. The summed E-state index contributed by atoms with van der Waals surface area (Å²) >= 11 is 14.5. The second-order valence-electron chi connectivity index (χ2n) is 11.5. The highest BCUT2D eigenvalue weighted by atomic mass is 35.5. The predicted molar refractivity (Wildman–Crippen MR) is 157 cm³/mol. The normalized spacial score (nSPS) is 30.7. The molecule has 0 radical (unpaired) electrons. The molecule has 1 aromatic heterocycles. The summed E-state index contributed by atoms with van der Waals surface area (Å²) in [4.78, 5) is 64.2. The molecule has 11 nitrogen and oxygen atoms in total. The molecule has 0 unspecified atom stereocenters. The van der Waals surface area contributed by atoms with E-state index in [-0.39, 0.29) is 41.4 Å². The number of nitro benzene ring substituents is 1. The summed E-state index contributed by atoms with van der Waals surface area (Å²) in [6.45, 7) is -0.465. The van der Waals surface area contributed by atoms with Crippen molar-refractivity contribution >= 4 is 63.9 Å². The number of rotatable bonds is 5. The summed E-state index contributed by atoms with van der Waals surface area (Å²) in [6, 6.07) is 12.7. The zero-order valence-electron chi connectivity index (χ0n) is 23.1. The Morgan fingerprint density at radius 3 is 2.18 bits per heavy atom. The largest absolute Gasteiger partial charge is 0.463 e. The van der Waals surface area contributed by atoms with Gasteiger partial charge in [-0.05, 0) is 67.3 Å². The van der Waals surface area contributed by atoms with Gasteiger partial charge in [-0.15, -0.1) is 23.2 Å². The lowest BCUT2D eigenvalue weighted by atomic mass is 9.57. The topological polar surface area (TPSA) is 151 Å². The zero-order chi connectivity index (χ0) is 32.0. The monoisotopic (exact) mass is 653 g/mol. The van der Waals surface area contributed by atoms with Crippen LogP contribution in [0.25, 0.3) is 0 Å². The van der Waals surface area contributed by atoms with Gasteiger partial charge in [0.25, 0.3) is 17.5 Å². The second-order valence-corrected chi connectivity index (χ2v) is 12.7. The van der Waals surface area contributed by atoms with Crippen molar-refractivity contribution in [3.63, 3.8) is 0 Å². The van der Waals surface area contributed by atoms with Gasteiger partial charge in [0.05, 0.1) is 34.1 Å². The Labute approximate surface area is 263 Å². The number of allylic oxidation sites excluding steroid dienone is 2. The van der Waals surface area contributed by atoms with Crippen LogP contribution in [-0.2, 0) is 25.8 Å². The molecule has 6 atom stereocenters. The third-order valence-electron chi connectivity index (χ3n) is 9.34. The van der Waals surface area contributed by atoms with E-state index in [4.69, 9.17) is 27.6 Å². The molecule has 2 aromatic carbocycles. The fraction of sp³-hybridized carbons (Fsp3) is 0.290. The van der Waals surface area contributed by atoms with Gasteiger partial charge in [-0.1, -0.05) is 11.6 Å². The van der Waals surface area contributed by atoms with Gasteiger partial charge in [-0.2, -0.15) is 0 Å². The summed E-state index contributed by atoms with van der Waals surface area (Å²) in [7, 11) is 0. The van der Waals surface area contributed by atoms with E-state index in [2.05, 4.69) is 0 Å². The predicted octanol–water partition coefficient (Wildman–Crippen LogP) is 4.59. The second kappa shape index (κ2) is 10.1. The maximum Gasteiger partial charge on any atom is 0.269 e. The molecule has 1 saturated carbocycles.